The van der Waals surface area contributed by atoms with Gasteiger partial charge >= 0.3 is 12.4 Å². The van der Waals surface area contributed by atoms with Crippen molar-refractivity contribution in [3.05, 3.63) is 59.4 Å². The molecule has 1 saturated carbocycles. The first-order valence-electron chi connectivity index (χ1n) is 11.0. The topological polar surface area (TPSA) is 65.5 Å². The summed E-state index contributed by atoms with van der Waals surface area (Å²) in [5.41, 5.74) is -2.50. The zero-order chi connectivity index (χ0) is 26.0. The van der Waals surface area contributed by atoms with Crippen molar-refractivity contribution in [3.8, 4) is 5.75 Å². The first kappa shape index (κ1) is 26.8. The molecule has 1 aliphatic rings. The van der Waals surface area contributed by atoms with Gasteiger partial charge in [0.05, 0.1) is 5.41 Å². The maximum atomic E-state index is 13.9. The molecule has 35 heavy (non-hydrogen) atoms. The van der Waals surface area contributed by atoms with E-state index < -0.39 is 41.7 Å². The number of phenolic OH excluding ortho intramolecular Hbond substituents is 1. The molecule has 0 spiro atoms. The molecule has 1 amide bonds. The van der Waals surface area contributed by atoms with Crippen molar-refractivity contribution in [2.75, 3.05) is 20.6 Å². The summed E-state index contributed by atoms with van der Waals surface area (Å²) in [5.74, 6) is -1.85. The fraction of sp³-hybridized carbons (Fsp3) is 0.500. The number of alkyl halides is 6. The van der Waals surface area contributed by atoms with Gasteiger partial charge in [0, 0.05) is 31.1 Å². The summed E-state index contributed by atoms with van der Waals surface area (Å²) in [5, 5.41) is 12.1. The van der Waals surface area contributed by atoms with Crippen molar-refractivity contribution in [2.24, 2.45) is 5.41 Å². The van der Waals surface area contributed by atoms with Crippen LogP contribution in [0.5, 0.6) is 5.75 Å². The Labute approximate surface area is 199 Å². The summed E-state index contributed by atoms with van der Waals surface area (Å²) in [6.07, 6.45) is -8.93. The van der Waals surface area contributed by atoms with Crippen molar-refractivity contribution in [3.63, 3.8) is 0 Å². The van der Waals surface area contributed by atoms with Gasteiger partial charge in [0.2, 0.25) is 5.91 Å². The highest BCUT2D eigenvalue weighted by atomic mass is 19.4. The van der Waals surface area contributed by atoms with Crippen LogP contribution < -0.4 is 5.32 Å². The van der Waals surface area contributed by atoms with E-state index in [2.05, 4.69) is 10.3 Å². The largest absolute Gasteiger partial charge is 0.508 e. The fourth-order valence-electron chi connectivity index (χ4n) is 4.21. The molecule has 0 radical (unpaired) electrons. The lowest BCUT2D eigenvalue weighted by Crippen LogP contribution is -2.42. The van der Waals surface area contributed by atoms with E-state index in [4.69, 9.17) is 0 Å². The summed E-state index contributed by atoms with van der Waals surface area (Å²) >= 11 is 0. The van der Waals surface area contributed by atoms with Crippen molar-refractivity contribution < 1.29 is 36.2 Å². The summed E-state index contributed by atoms with van der Waals surface area (Å²) < 4.78 is 80.2. The van der Waals surface area contributed by atoms with Crippen LogP contribution in [-0.2, 0) is 17.4 Å². The van der Waals surface area contributed by atoms with Crippen LogP contribution in [0.1, 0.15) is 42.0 Å². The predicted molar refractivity (Wildman–Crippen MR) is 117 cm³/mol. The molecule has 1 aromatic heterocycles. The molecule has 2 atom stereocenters. The summed E-state index contributed by atoms with van der Waals surface area (Å²) in [6.45, 7) is 0.156. The van der Waals surface area contributed by atoms with E-state index in [0.29, 0.717) is 12.5 Å². The van der Waals surface area contributed by atoms with E-state index in [1.165, 1.54) is 12.1 Å². The van der Waals surface area contributed by atoms with Crippen LogP contribution in [0.25, 0.3) is 0 Å². The maximum Gasteiger partial charge on any atom is 0.433 e. The highest BCUT2D eigenvalue weighted by molar-refractivity contribution is 5.77. The molecular formula is C24H27F6N3O2. The highest BCUT2D eigenvalue weighted by Crippen LogP contribution is 2.66. The molecule has 0 saturated heterocycles. The van der Waals surface area contributed by atoms with Crippen LogP contribution in [0.3, 0.4) is 0 Å². The van der Waals surface area contributed by atoms with Gasteiger partial charge in [-0.1, -0.05) is 18.2 Å². The Morgan fingerprint density at radius 1 is 1.09 bits per heavy atom. The lowest BCUT2D eigenvalue weighted by Gasteiger charge is -2.30. The summed E-state index contributed by atoms with van der Waals surface area (Å²) in [7, 11) is 3.60. The van der Waals surface area contributed by atoms with Gasteiger partial charge in [0.1, 0.15) is 11.4 Å². The molecule has 0 bridgehead atoms. The maximum absolute atomic E-state index is 13.9. The number of carbonyl (C=O) groups excluding carboxylic acids is 1. The Bertz CT molecular complexity index is 1000. The number of hydrogen-bond donors (Lipinski definition) is 2. The molecular weight excluding hydrogens is 476 g/mol. The van der Waals surface area contributed by atoms with Gasteiger partial charge in [-0.3, -0.25) is 9.78 Å². The SMILES string of the molecule is CN(C)C(CNC(=O)CC(c1ccc(C(F)(F)F)nc1)C1(C(F)(F)F)CC1)Cc1ccc(O)cc1. The number of aromatic nitrogens is 1. The average molecular weight is 503 g/mol. The molecule has 0 aliphatic heterocycles. The van der Waals surface area contributed by atoms with Gasteiger partial charge in [-0.2, -0.15) is 26.3 Å². The normalized spacial score (nSPS) is 17.2. The van der Waals surface area contributed by atoms with Gasteiger partial charge in [-0.05, 0) is 62.7 Å². The third-order valence-electron chi connectivity index (χ3n) is 6.56. The Morgan fingerprint density at radius 2 is 1.71 bits per heavy atom. The molecule has 1 aromatic carbocycles. The van der Waals surface area contributed by atoms with Crippen LogP contribution in [0.2, 0.25) is 0 Å². The molecule has 1 fully saturated rings. The Balaban J connectivity index is 1.73. The number of rotatable bonds is 9. The molecule has 2 N–H and O–H groups in total. The van der Waals surface area contributed by atoms with E-state index in [1.807, 2.05) is 4.90 Å². The van der Waals surface area contributed by atoms with Gasteiger partial charge in [-0.25, -0.2) is 0 Å². The lowest BCUT2D eigenvalue weighted by atomic mass is 9.80. The first-order valence-corrected chi connectivity index (χ1v) is 11.0. The van der Waals surface area contributed by atoms with Crippen molar-refractivity contribution in [1.82, 2.24) is 15.2 Å². The number of carbonyl (C=O) groups is 1. The number of nitrogens with one attached hydrogen (secondary N) is 1. The molecule has 2 aromatic rings. The van der Waals surface area contributed by atoms with E-state index >= 15 is 0 Å². The first-order chi connectivity index (χ1) is 16.2. The van der Waals surface area contributed by atoms with Crippen LogP contribution in [0.15, 0.2) is 42.6 Å². The molecule has 1 heterocycles. The van der Waals surface area contributed by atoms with E-state index in [-0.39, 0.29) is 36.7 Å². The molecule has 5 nitrogen and oxygen atoms in total. The summed E-state index contributed by atoms with van der Waals surface area (Å²) in [6, 6.07) is 8.00. The monoisotopic (exact) mass is 503 g/mol. The number of halogens is 6. The molecule has 2 unspecified atom stereocenters. The minimum Gasteiger partial charge on any atom is -0.508 e. The minimum absolute atomic E-state index is 0.0452. The van der Waals surface area contributed by atoms with Crippen molar-refractivity contribution in [1.29, 1.82) is 0 Å². The second-order valence-electron chi connectivity index (χ2n) is 9.18. The molecule has 1 aliphatic carbocycles. The number of nitrogens with zero attached hydrogens (tertiary/aromatic N) is 2. The Kier molecular flexibility index (Phi) is 7.68. The van der Waals surface area contributed by atoms with Crippen molar-refractivity contribution in [2.45, 2.75) is 50.0 Å². The molecule has 192 valence electrons. The Hall–Kier alpha value is -2.82. The van der Waals surface area contributed by atoms with Gasteiger partial charge in [-0.15, -0.1) is 0 Å². The van der Waals surface area contributed by atoms with E-state index in [9.17, 15) is 36.2 Å². The number of pyridine rings is 1. The van der Waals surface area contributed by atoms with Crippen molar-refractivity contribution >= 4 is 5.91 Å². The van der Waals surface area contributed by atoms with Crippen LogP contribution in [0.4, 0.5) is 26.3 Å². The number of phenols is 1. The van der Waals surface area contributed by atoms with E-state index in [1.54, 1.807) is 26.2 Å². The number of aromatic hydroxyl groups is 1. The highest BCUT2D eigenvalue weighted by Gasteiger charge is 2.67. The smallest absolute Gasteiger partial charge is 0.433 e. The molecule has 11 heteroatoms. The second-order valence-corrected chi connectivity index (χ2v) is 9.18. The fourth-order valence-corrected chi connectivity index (χ4v) is 4.21. The quantitative estimate of drug-likeness (QED) is 0.478. The number of hydrogen-bond acceptors (Lipinski definition) is 4. The second kappa shape index (κ2) is 10.0. The van der Waals surface area contributed by atoms with E-state index in [0.717, 1.165) is 17.8 Å². The van der Waals surface area contributed by atoms with Crippen LogP contribution in [-0.4, -0.2) is 53.8 Å². The van der Waals surface area contributed by atoms with Gasteiger partial charge in [0.15, 0.2) is 0 Å². The standard InChI is InChI=1S/C24H27F6N3O2/c1-33(2)17(11-15-3-6-18(34)7-4-15)14-32-21(35)12-19(22(9-10-22)24(28,29)30)16-5-8-20(31-13-16)23(25,26)27/h3-8,13,17,19,34H,9-12,14H2,1-2H3,(H,32,35). The third kappa shape index (κ3) is 6.45. The van der Waals surface area contributed by atoms with Gasteiger partial charge < -0.3 is 15.3 Å². The van der Waals surface area contributed by atoms with Crippen LogP contribution >= 0.6 is 0 Å². The third-order valence-corrected chi connectivity index (χ3v) is 6.56. The predicted octanol–water partition coefficient (Wildman–Crippen LogP) is 4.91. The number of amides is 1. The zero-order valence-corrected chi connectivity index (χ0v) is 19.2. The molecule has 3 rings (SSSR count). The zero-order valence-electron chi connectivity index (χ0n) is 19.2. The Morgan fingerprint density at radius 3 is 2.17 bits per heavy atom. The minimum atomic E-state index is -4.72. The number of likely N-dealkylation sites (N-methyl/N-ethyl adjacent to an activating group) is 1. The van der Waals surface area contributed by atoms with Gasteiger partial charge in [0.25, 0.3) is 0 Å². The summed E-state index contributed by atoms with van der Waals surface area (Å²) in [4.78, 5) is 17.9. The number of benzene rings is 1. The average Bonchev–Trinajstić information content (AvgIpc) is 3.57. The lowest BCUT2D eigenvalue weighted by molar-refractivity contribution is -0.194. The van der Waals surface area contributed by atoms with Crippen LogP contribution in [0, 0.1) is 5.41 Å².